The van der Waals surface area contributed by atoms with Gasteiger partial charge in [0.25, 0.3) is 5.91 Å². The van der Waals surface area contributed by atoms with Crippen LogP contribution in [0.3, 0.4) is 0 Å². The van der Waals surface area contributed by atoms with E-state index in [1.165, 1.54) is 11.8 Å². The Hall–Kier alpha value is -2.90. The van der Waals surface area contributed by atoms with Crippen LogP contribution >= 0.6 is 24.0 Å². The molecule has 0 N–H and O–H groups in total. The van der Waals surface area contributed by atoms with E-state index in [2.05, 4.69) is 6.92 Å². The normalized spacial score (nSPS) is 15.3. The van der Waals surface area contributed by atoms with E-state index in [0.717, 1.165) is 29.4 Å². The minimum Gasteiger partial charge on any atom is -0.449 e. The molecule has 1 amide bonds. The summed E-state index contributed by atoms with van der Waals surface area (Å²) in [4.78, 5) is 27.4. The number of benzene rings is 2. The van der Waals surface area contributed by atoms with Gasteiger partial charge in [-0.25, -0.2) is 4.79 Å². The third-order valence-corrected chi connectivity index (χ3v) is 6.40. The maximum Gasteiger partial charge on any atom is 0.379 e. The van der Waals surface area contributed by atoms with Crippen LogP contribution < -0.4 is 4.74 Å². The predicted molar refractivity (Wildman–Crippen MR) is 127 cm³/mol. The maximum absolute atomic E-state index is 12.6. The molecular weight excluding hydrogens is 430 g/mol. The van der Waals surface area contributed by atoms with Crippen LogP contribution in [0.2, 0.25) is 0 Å². The van der Waals surface area contributed by atoms with Gasteiger partial charge in [-0.15, -0.1) is 0 Å². The predicted octanol–water partition coefficient (Wildman–Crippen LogP) is 5.96. The zero-order valence-electron chi connectivity index (χ0n) is 17.2. The lowest BCUT2D eigenvalue weighted by molar-refractivity contribution is -0.122. The van der Waals surface area contributed by atoms with Crippen LogP contribution in [0.5, 0.6) is 5.75 Å². The van der Waals surface area contributed by atoms with E-state index in [9.17, 15) is 9.59 Å². The monoisotopic (exact) mass is 451 g/mol. The average molecular weight is 452 g/mol. The lowest BCUT2D eigenvalue weighted by Crippen LogP contribution is -2.28. The van der Waals surface area contributed by atoms with Gasteiger partial charge < -0.3 is 9.15 Å². The summed E-state index contributed by atoms with van der Waals surface area (Å²) in [7, 11) is 0. The molecule has 31 heavy (non-hydrogen) atoms. The van der Waals surface area contributed by atoms with Gasteiger partial charge in [0.2, 0.25) is 5.76 Å². The van der Waals surface area contributed by atoms with Crippen molar-refractivity contribution in [3.05, 3.63) is 70.3 Å². The summed E-state index contributed by atoms with van der Waals surface area (Å²) in [6.45, 7) is 4.56. The lowest BCUT2D eigenvalue weighted by Gasteiger charge is -2.12. The van der Waals surface area contributed by atoms with Crippen molar-refractivity contribution in [2.75, 3.05) is 6.54 Å². The highest BCUT2D eigenvalue weighted by atomic mass is 32.2. The molecule has 1 aliphatic heterocycles. The van der Waals surface area contributed by atoms with Gasteiger partial charge in [-0.1, -0.05) is 67.7 Å². The minimum absolute atomic E-state index is 0.0562. The number of esters is 1. The molecular formula is C24H21NO4S2. The number of aryl methyl sites for hydroxylation is 1. The topological polar surface area (TPSA) is 59.8 Å². The van der Waals surface area contributed by atoms with Crippen LogP contribution in [-0.4, -0.2) is 27.6 Å². The third kappa shape index (κ3) is 4.43. The summed E-state index contributed by atoms with van der Waals surface area (Å²) in [6.07, 6.45) is 3.73. The number of unbranched alkanes of at least 4 members (excludes halogenated alkanes) is 1. The minimum atomic E-state index is -0.543. The molecule has 2 aromatic carbocycles. The van der Waals surface area contributed by atoms with Gasteiger partial charge in [-0.2, -0.15) is 0 Å². The van der Waals surface area contributed by atoms with Crippen LogP contribution in [-0.2, 0) is 4.79 Å². The molecule has 0 unspecified atom stereocenters. The number of carbonyl (C=O) groups is 2. The van der Waals surface area contributed by atoms with E-state index < -0.39 is 5.97 Å². The molecule has 4 rings (SSSR count). The zero-order chi connectivity index (χ0) is 22.0. The number of thioether (sulfide) groups is 1. The van der Waals surface area contributed by atoms with Gasteiger partial charge in [-0.05, 0) is 43.2 Å². The summed E-state index contributed by atoms with van der Waals surface area (Å²) in [5.41, 5.74) is 2.23. The van der Waals surface area contributed by atoms with Crippen molar-refractivity contribution in [1.29, 1.82) is 0 Å². The molecule has 1 fully saturated rings. The molecule has 2 heterocycles. The highest BCUT2D eigenvalue weighted by Gasteiger charge is 2.31. The Morgan fingerprint density at radius 3 is 2.65 bits per heavy atom. The van der Waals surface area contributed by atoms with Gasteiger partial charge in [-0.3, -0.25) is 9.69 Å². The second kappa shape index (κ2) is 9.08. The van der Waals surface area contributed by atoms with Gasteiger partial charge in [0.1, 0.15) is 15.7 Å². The van der Waals surface area contributed by atoms with Crippen LogP contribution in [0.1, 0.15) is 41.4 Å². The molecule has 158 valence electrons. The first-order valence-electron chi connectivity index (χ1n) is 10.0. The SMILES string of the molecule is CCCCN1C(=O)/C(=C/c2ccc(OC(=O)c3oc4ccccc4c3C)cc2)SC1=S. The van der Waals surface area contributed by atoms with E-state index in [1.54, 1.807) is 35.2 Å². The number of ether oxygens (including phenoxy) is 1. The second-order valence-electron chi connectivity index (χ2n) is 7.20. The average Bonchev–Trinajstić information content (AvgIpc) is 3.24. The van der Waals surface area contributed by atoms with E-state index >= 15 is 0 Å². The number of nitrogens with zero attached hydrogens (tertiary/aromatic N) is 1. The fraction of sp³-hybridized carbons (Fsp3) is 0.208. The quantitative estimate of drug-likeness (QED) is 0.199. The number of hydrogen-bond donors (Lipinski definition) is 0. The fourth-order valence-corrected chi connectivity index (χ4v) is 4.62. The van der Waals surface area contributed by atoms with Crippen LogP contribution in [0.25, 0.3) is 17.0 Å². The summed E-state index contributed by atoms with van der Waals surface area (Å²) in [6, 6.07) is 14.5. The molecule has 3 aromatic rings. The highest BCUT2D eigenvalue weighted by Crippen LogP contribution is 2.33. The fourth-order valence-electron chi connectivity index (χ4n) is 3.31. The molecule has 0 radical (unpaired) electrons. The van der Waals surface area contributed by atoms with Crippen LogP contribution in [0, 0.1) is 6.92 Å². The molecule has 1 aromatic heterocycles. The first kappa shape index (κ1) is 21.3. The second-order valence-corrected chi connectivity index (χ2v) is 8.87. The Labute approximate surface area is 190 Å². The van der Waals surface area contributed by atoms with Crippen molar-refractivity contribution in [3.8, 4) is 5.75 Å². The molecule has 7 heteroatoms. The van der Waals surface area contributed by atoms with E-state index in [4.69, 9.17) is 21.4 Å². The van der Waals surface area contributed by atoms with Crippen molar-refractivity contribution in [1.82, 2.24) is 4.90 Å². The molecule has 5 nitrogen and oxygen atoms in total. The van der Waals surface area contributed by atoms with Crippen molar-refractivity contribution >= 4 is 57.2 Å². The number of rotatable bonds is 6. The van der Waals surface area contributed by atoms with Gasteiger partial charge in [0.15, 0.2) is 0 Å². The number of hydrogen-bond acceptors (Lipinski definition) is 6. The smallest absolute Gasteiger partial charge is 0.379 e. The molecule has 0 atom stereocenters. The Kier molecular flexibility index (Phi) is 6.25. The molecule has 0 aliphatic carbocycles. The number of para-hydroxylation sites is 1. The largest absolute Gasteiger partial charge is 0.449 e. The summed E-state index contributed by atoms with van der Waals surface area (Å²) < 4.78 is 11.7. The highest BCUT2D eigenvalue weighted by molar-refractivity contribution is 8.26. The molecule has 0 saturated carbocycles. The van der Waals surface area contributed by atoms with Gasteiger partial charge in [0.05, 0.1) is 4.91 Å². The summed E-state index contributed by atoms with van der Waals surface area (Å²) >= 11 is 6.65. The summed E-state index contributed by atoms with van der Waals surface area (Å²) in [5, 5.41) is 0.890. The first-order chi connectivity index (χ1) is 15.0. The Bertz CT molecular complexity index is 1190. The Morgan fingerprint density at radius 2 is 1.94 bits per heavy atom. The van der Waals surface area contributed by atoms with Gasteiger partial charge >= 0.3 is 5.97 Å². The third-order valence-electron chi connectivity index (χ3n) is 5.03. The first-order valence-corrected chi connectivity index (χ1v) is 11.3. The van der Waals surface area contributed by atoms with E-state index in [1.807, 2.05) is 31.2 Å². The number of fused-ring (bicyclic) bond motifs is 1. The molecule has 0 bridgehead atoms. The molecule has 1 saturated heterocycles. The Morgan fingerprint density at radius 1 is 1.19 bits per heavy atom. The summed E-state index contributed by atoms with van der Waals surface area (Å²) in [5.74, 6) is -0.00362. The number of amides is 1. The zero-order valence-corrected chi connectivity index (χ0v) is 18.8. The van der Waals surface area contributed by atoms with Crippen molar-refractivity contribution in [2.45, 2.75) is 26.7 Å². The van der Waals surface area contributed by atoms with E-state index in [0.29, 0.717) is 27.1 Å². The lowest BCUT2D eigenvalue weighted by atomic mass is 10.1. The maximum atomic E-state index is 12.6. The van der Waals surface area contributed by atoms with Crippen LogP contribution in [0.4, 0.5) is 0 Å². The number of carbonyl (C=O) groups excluding carboxylic acids is 2. The molecule has 1 aliphatic rings. The number of furan rings is 1. The number of thiocarbonyl (C=S) groups is 1. The van der Waals surface area contributed by atoms with Crippen molar-refractivity contribution < 1.29 is 18.7 Å². The van der Waals surface area contributed by atoms with E-state index in [-0.39, 0.29) is 11.7 Å². The van der Waals surface area contributed by atoms with Crippen LogP contribution in [0.15, 0.2) is 57.9 Å². The van der Waals surface area contributed by atoms with Crippen molar-refractivity contribution in [3.63, 3.8) is 0 Å². The van der Waals surface area contributed by atoms with Crippen molar-refractivity contribution in [2.24, 2.45) is 0 Å². The van der Waals surface area contributed by atoms with Gasteiger partial charge in [0, 0.05) is 17.5 Å². The molecule has 0 spiro atoms. The Balaban J connectivity index is 1.46. The standard InChI is InChI=1S/C24H21NO4S2/c1-3-4-13-25-22(26)20(31-24(25)30)14-16-9-11-17(12-10-16)28-23(27)21-15(2)18-7-5-6-8-19(18)29-21/h5-12,14H,3-4,13H2,1-2H3/b20-14-.